The number of fused-ring (bicyclic) bond motifs is 1. The molecule has 4 nitrogen and oxygen atoms in total. The normalized spacial score (nSPS) is 18.8. The Kier molecular flexibility index (Phi) is 3.38. The predicted octanol–water partition coefficient (Wildman–Crippen LogP) is 0.554. The fourth-order valence-corrected chi connectivity index (χ4v) is 2.23. The van der Waals surface area contributed by atoms with Gasteiger partial charge in [0.1, 0.15) is 5.82 Å². The molecule has 1 N–H and O–H groups in total. The van der Waals surface area contributed by atoms with Crippen molar-refractivity contribution in [1.29, 1.82) is 0 Å². The minimum atomic E-state index is 0.705. The number of nitrogens with zero attached hydrogens (tertiary/aromatic N) is 3. The van der Waals surface area contributed by atoms with Crippen molar-refractivity contribution in [3.63, 3.8) is 0 Å². The summed E-state index contributed by atoms with van der Waals surface area (Å²) in [5, 5.41) is 3.22. The molecule has 1 atom stereocenters. The topological polar surface area (TPSA) is 33.1 Å². The maximum atomic E-state index is 4.37. The van der Waals surface area contributed by atoms with Gasteiger partial charge in [0.25, 0.3) is 0 Å². The van der Waals surface area contributed by atoms with Gasteiger partial charge in [-0.25, -0.2) is 4.98 Å². The standard InChI is InChI=1S/C11H20N4/c1-10(7-12-2)8-14-5-6-15-4-3-13-11(15)9-14/h3-4,10,12H,5-9H2,1-2H3. The molecule has 2 rings (SSSR count). The molecule has 1 aromatic rings. The molecule has 84 valence electrons. The summed E-state index contributed by atoms with van der Waals surface area (Å²) in [5.41, 5.74) is 0. The molecule has 4 heteroatoms. The molecule has 1 unspecified atom stereocenters. The fourth-order valence-electron chi connectivity index (χ4n) is 2.23. The van der Waals surface area contributed by atoms with Crippen molar-refractivity contribution in [2.45, 2.75) is 20.0 Å². The molecule has 0 radical (unpaired) electrons. The first-order valence-corrected chi connectivity index (χ1v) is 5.66. The van der Waals surface area contributed by atoms with Crippen LogP contribution >= 0.6 is 0 Å². The van der Waals surface area contributed by atoms with E-state index in [0.29, 0.717) is 5.92 Å². The van der Waals surface area contributed by atoms with Crippen LogP contribution in [0.3, 0.4) is 0 Å². The van der Waals surface area contributed by atoms with Crippen LogP contribution in [-0.2, 0) is 13.1 Å². The van der Waals surface area contributed by atoms with Crippen LogP contribution in [0.25, 0.3) is 0 Å². The smallest absolute Gasteiger partial charge is 0.122 e. The lowest BCUT2D eigenvalue weighted by atomic mass is 10.1. The molecule has 1 aliphatic heterocycles. The van der Waals surface area contributed by atoms with Gasteiger partial charge in [-0.05, 0) is 19.5 Å². The maximum Gasteiger partial charge on any atom is 0.122 e. The molecule has 15 heavy (non-hydrogen) atoms. The lowest BCUT2D eigenvalue weighted by molar-refractivity contribution is 0.189. The number of hydrogen-bond acceptors (Lipinski definition) is 3. The van der Waals surface area contributed by atoms with Crippen LogP contribution in [0.15, 0.2) is 12.4 Å². The Morgan fingerprint density at radius 2 is 2.40 bits per heavy atom. The van der Waals surface area contributed by atoms with Gasteiger partial charge < -0.3 is 9.88 Å². The molecular weight excluding hydrogens is 188 g/mol. The van der Waals surface area contributed by atoms with Gasteiger partial charge in [-0.2, -0.15) is 0 Å². The number of imidazole rings is 1. The summed E-state index contributed by atoms with van der Waals surface area (Å²) in [6.07, 6.45) is 3.97. The van der Waals surface area contributed by atoms with Crippen LogP contribution in [-0.4, -0.2) is 41.1 Å². The summed E-state index contributed by atoms with van der Waals surface area (Å²) in [7, 11) is 2.01. The summed E-state index contributed by atoms with van der Waals surface area (Å²) in [4.78, 5) is 6.86. The molecule has 0 aliphatic carbocycles. The average Bonchev–Trinajstić information content (AvgIpc) is 2.65. The van der Waals surface area contributed by atoms with Crippen LogP contribution < -0.4 is 5.32 Å². The highest BCUT2D eigenvalue weighted by Gasteiger charge is 2.17. The van der Waals surface area contributed by atoms with Gasteiger partial charge in [-0.15, -0.1) is 0 Å². The van der Waals surface area contributed by atoms with E-state index in [9.17, 15) is 0 Å². The molecule has 0 aromatic carbocycles. The Balaban J connectivity index is 1.87. The zero-order valence-corrected chi connectivity index (χ0v) is 9.61. The molecule has 0 fully saturated rings. The zero-order valence-electron chi connectivity index (χ0n) is 9.61. The first-order chi connectivity index (χ1) is 7.29. The zero-order chi connectivity index (χ0) is 10.7. The van der Waals surface area contributed by atoms with Crippen molar-refractivity contribution in [1.82, 2.24) is 19.8 Å². The summed E-state index contributed by atoms with van der Waals surface area (Å²) >= 11 is 0. The molecule has 0 saturated carbocycles. The second kappa shape index (κ2) is 4.77. The predicted molar refractivity (Wildman–Crippen MR) is 60.6 cm³/mol. The maximum absolute atomic E-state index is 4.37. The molecular formula is C11H20N4. The van der Waals surface area contributed by atoms with E-state index in [0.717, 1.165) is 32.7 Å². The molecule has 0 amide bonds. The average molecular weight is 208 g/mol. The Hall–Kier alpha value is -0.870. The lowest BCUT2D eigenvalue weighted by Gasteiger charge is -2.29. The monoisotopic (exact) mass is 208 g/mol. The molecule has 0 saturated heterocycles. The second-order valence-electron chi connectivity index (χ2n) is 4.43. The van der Waals surface area contributed by atoms with Gasteiger partial charge in [-0.1, -0.05) is 6.92 Å². The van der Waals surface area contributed by atoms with Gasteiger partial charge in [-0.3, -0.25) is 4.90 Å². The SMILES string of the molecule is CNCC(C)CN1CCn2ccnc2C1. The molecule has 0 spiro atoms. The van der Waals surface area contributed by atoms with E-state index in [1.807, 2.05) is 13.2 Å². The van der Waals surface area contributed by atoms with Gasteiger partial charge in [0.15, 0.2) is 0 Å². The van der Waals surface area contributed by atoms with E-state index < -0.39 is 0 Å². The van der Waals surface area contributed by atoms with Crippen LogP contribution in [0, 0.1) is 5.92 Å². The third-order valence-electron chi connectivity index (χ3n) is 2.95. The van der Waals surface area contributed by atoms with Crippen molar-refractivity contribution in [2.24, 2.45) is 5.92 Å². The summed E-state index contributed by atoms with van der Waals surface area (Å²) in [5.74, 6) is 1.91. The lowest BCUT2D eigenvalue weighted by Crippen LogP contribution is -2.38. The number of nitrogens with one attached hydrogen (secondary N) is 1. The summed E-state index contributed by atoms with van der Waals surface area (Å²) in [6, 6.07) is 0. The Morgan fingerprint density at radius 1 is 1.53 bits per heavy atom. The number of aromatic nitrogens is 2. The highest BCUT2D eigenvalue weighted by Crippen LogP contribution is 2.11. The van der Waals surface area contributed by atoms with Gasteiger partial charge >= 0.3 is 0 Å². The van der Waals surface area contributed by atoms with Crippen molar-refractivity contribution in [3.8, 4) is 0 Å². The van der Waals surface area contributed by atoms with E-state index in [2.05, 4.69) is 32.9 Å². The van der Waals surface area contributed by atoms with Gasteiger partial charge in [0, 0.05) is 32.0 Å². The van der Waals surface area contributed by atoms with Crippen LogP contribution in [0.1, 0.15) is 12.7 Å². The van der Waals surface area contributed by atoms with Crippen molar-refractivity contribution in [3.05, 3.63) is 18.2 Å². The Bertz CT molecular complexity index is 307. The highest BCUT2D eigenvalue weighted by molar-refractivity contribution is 4.95. The summed E-state index contributed by atoms with van der Waals surface area (Å²) in [6.45, 7) is 7.77. The van der Waals surface area contributed by atoms with Gasteiger partial charge in [0.05, 0.1) is 6.54 Å². The van der Waals surface area contributed by atoms with Crippen LogP contribution in [0.2, 0.25) is 0 Å². The molecule has 0 bridgehead atoms. The van der Waals surface area contributed by atoms with E-state index in [1.54, 1.807) is 0 Å². The second-order valence-corrected chi connectivity index (χ2v) is 4.43. The van der Waals surface area contributed by atoms with Crippen molar-refractivity contribution >= 4 is 0 Å². The number of hydrogen-bond donors (Lipinski definition) is 1. The quantitative estimate of drug-likeness (QED) is 0.784. The summed E-state index contributed by atoms with van der Waals surface area (Å²) < 4.78 is 2.25. The van der Waals surface area contributed by atoms with E-state index >= 15 is 0 Å². The molecule has 1 aliphatic rings. The van der Waals surface area contributed by atoms with Gasteiger partial charge in [0.2, 0.25) is 0 Å². The van der Waals surface area contributed by atoms with E-state index in [-0.39, 0.29) is 0 Å². The third-order valence-corrected chi connectivity index (χ3v) is 2.95. The highest BCUT2D eigenvalue weighted by atomic mass is 15.2. The number of rotatable bonds is 4. The minimum Gasteiger partial charge on any atom is -0.333 e. The Labute approximate surface area is 91.3 Å². The third kappa shape index (κ3) is 2.58. The molecule has 1 aromatic heterocycles. The largest absolute Gasteiger partial charge is 0.333 e. The van der Waals surface area contributed by atoms with Crippen LogP contribution in [0.5, 0.6) is 0 Å². The van der Waals surface area contributed by atoms with Crippen LogP contribution in [0.4, 0.5) is 0 Å². The Morgan fingerprint density at radius 3 is 3.20 bits per heavy atom. The van der Waals surface area contributed by atoms with Crippen molar-refractivity contribution in [2.75, 3.05) is 26.7 Å². The first-order valence-electron chi connectivity index (χ1n) is 5.66. The minimum absolute atomic E-state index is 0.705. The fraction of sp³-hybridized carbons (Fsp3) is 0.727. The van der Waals surface area contributed by atoms with E-state index in [4.69, 9.17) is 0 Å². The van der Waals surface area contributed by atoms with Crippen molar-refractivity contribution < 1.29 is 0 Å². The van der Waals surface area contributed by atoms with E-state index in [1.165, 1.54) is 5.82 Å². The molecule has 2 heterocycles. The first kappa shape index (κ1) is 10.6.